The molecule has 0 radical (unpaired) electrons. The second-order valence-corrected chi connectivity index (χ2v) is 21.2. The molecule has 0 amide bonds. The van der Waals surface area contributed by atoms with E-state index in [4.69, 9.17) is 28.8 Å². The topological polar surface area (TPSA) is 119 Å². The summed E-state index contributed by atoms with van der Waals surface area (Å²) in [5.41, 5.74) is 17.6. The van der Waals surface area contributed by atoms with Crippen LogP contribution in [-0.4, -0.2) is 39.9 Å². The Morgan fingerprint density at radius 3 is 1.14 bits per heavy atom. The number of pyridine rings is 4. The molecular formula is C78H84N12+4. The van der Waals surface area contributed by atoms with Crippen LogP contribution in [0.25, 0.3) is 90.1 Å². The number of hydrogen-bond donors (Lipinski definition) is 0. The van der Waals surface area contributed by atoms with Crippen molar-refractivity contribution in [1.82, 2.24) is 39.9 Å². The minimum atomic E-state index is -3.13. The molecule has 0 aliphatic rings. The molecule has 8 heterocycles. The molecule has 12 heteroatoms. The monoisotopic (exact) mass is 1210 g/mol. The third-order valence-corrected chi connectivity index (χ3v) is 14.7. The second-order valence-electron chi connectivity index (χ2n) is 21.2. The molecule has 0 spiro atoms. The van der Waals surface area contributed by atoms with Crippen LogP contribution in [0.3, 0.4) is 0 Å². The first-order valence-electron chi connectivity index (χ1n) is 39.3. The highest BCUT2D eigenvalue weighted by atomic mass is 14.9. The van der Waals surface area contributed by atoms with Crippen molar-refractivity contribution < 1.29 is 47.1 Å². The summed E-state index contributed by atoms with van der Waals surface area (Å²) >= 11 is 0. The molecule has 452 valence electrons. The van der Waals surface area contributed by atoms with Gasteiger partial charge in [0.15, 0.2) is 24.8 Å². The molecule has 4 aromatic carbocycles. The Morgan fingerprint density at radius 2 is 0.767 bits per heavy atom. The molecule has 1 atom stereocenters. The molecule has 12 rings (SSSR count). The molecule has 0 aliphatic carbocycles. The van der Waals surface area contributed by atoms with Crippen molar-refractivity contribution in [3.05, 3.63) is 265 Å². The van der Waals surface area contributed by atoms with Crippen molar-refractivity contribution in [2.75, 3.05) is 0 Å². The Balaban J connectivity index is 0.000000171. The zero-order valence-corrected chi connectivity index (χ0v) is 51.7. The quantitative estimate of drug-likeness (QED) is 0.111. The highest BCUT2D eigenvalue weighted by Gasteiger charge is 2.19. The van der Waals surface area contributed by atoms with E-state index in [0.717, 1.165) is 85.3 Å². The second kappa shape index (κ2) is 30.1. The van der Waals surface area contributed by atoms with Gasteiger partial charge >= 0.3 is 0 Å². The van der Waals surface area contributed by atoms with Crippen LogP contribution in [0.15, 0.2) is 219 Å². The van der Waals surface area contributed by atoms with Crippen LogP contribution in [-0.2, 0) is 40.9 Å². The Morgan fingerprint density at radius 1 is 0.411 bits per heavy atom. The number of benzene rings is 4. The fraction of sp³-hybridized carbons (Fsp3) is 0.231. The van der Waals surface area contributed by atoms with Gasteiger partial charge in [-0.05, 0) is 111 Å². The van der Waals surface area contributed by atoms with Crippen LogP contribution < -0.4 is 18.3 Å². The first-order valence-corrected chi connectivity index (χ1v) is 28.8. The summed E-state index contributed by atoms with van der Waals surface area (Å²) in [6.07, 6.45) is 7.96. The molecule has 0 saturated heterocycles. The first kappa shape index (κ1) is 41.9. The SMILES string of the molecule is [2H]C([2H])([2H])C([2H])(C)C([2H])([2H])c1nccc(-c2cc[n+](C)c(-c3ccccc3C)c2)n1.[2H]C([2H])([2H])C([2H])([2H])c1nccc(-c2cc[n+](C)c(-c3ccccc3C)c2)n1.[2H]C([2H])([2H])C([2H])(c1nccc(-c2cc[n+](C)c(-c3ccccc3C)c2)n1)C([2H])([2H])[2H].[2H]C([2H])([2H])c1nccc(-c2cc[n+](C)c(-c3ccccc3C)c2)n1. The number of hydrogen-bond acceptors (Lipinski definition) is 8. The molecular weight excluding hydrogens is 1100 g/mol. The van der Waals surface area contributed by atoms with E-state index >= 15 is 0 Å². The number of nitrogens with zero attached hydrogens (tertiary/aromatic N) is 12. The van der Waals surface area contributed by atoms with Crippen molar-refractivity contribution in [3.63, 3.8) is 0 Å². The van der Waals surface area contributed by atoms with E-state index < -0.39 is 64.6 Å². The standard InChI is InChI=1S/C21H24N3.C20H22N3.C19H20N3.C18H18N3/c1-15(2)13-21-22-11-9-19(23-21)17-10-12-24(4)20(14-17)18-8-6-5-7-16(18)3;1-14(2)20-21-11-9-18(22-20)16-10-12-23(4)19(13-16)17-8-6-5-7-15(17)3;1-4-19-20-11-9-17(21-19)15-10-12-22(3)18(13-15)16-8-6-5-7-14(16)2;1-13-6-4-5-7-16(13)18-12-15(9-11-21(18)3)17-8-10-19-14(2)20-17/h5-12,14-15H,13H2,1-4H3;5-14H,1-4H3;5-13H,4H2,1-3H3;4-12H,1-3H3/q4*+1/i1D3,13D2,15D;1D3,2D3,14D;1D3,4D2;2D3. The van der Waals surface area contributed by atoms with Crippen molar-refractivity contribution in [2.24, 2.45) is 34.1 Å². The predicted octanol–water partition coefficient (Wildman–Crippen LogP) is 15.0. The van der Waals surface area contributed by atoms with Gasteiger partial charge in [-0.3, -0.25) is 0 Å². The van der Waals surface area contributed by atoms with Gasteiger partial charge in [0.05, 0.1) is 22.8 Å². The normalized spacial score (nSPS) is 16.1. The van der Waals surface area contributed by atoms with Crippen LogP contribution in [0.5, 0.6) is 0 Å². The van der Waals surface area contributed by atoms with Gasteiger partial charge in [0.1, 0.15) is 51.5 Å². The van der Waals surface area contributed by atoms with Crippen molar-refractivity contribution >= 4 is 0 Å². The molecule has 8 aromatic heterocycles. The molecule has 0 fully saturated rings. The number of rotatable bonds is 12. The highest BCUT2D eigenvalue weighted by molar-refractivity contribution is 5.71. The zero-order valence-electron chi connectivity index (χ0n) is 72.7. The molecule has 12 aromatic rings. The zero-order chi connectivity index (χ0) is 81.8. The summed E-state index contributed by atoms with van der Waals surface area (Å²) in [5.74, 6) is -6.69. The summed E-state index contributed by atoms with van der Waals surface area (Å²) < 4.78 is 170. The van der Waals surface area contributed by atoms with Crippen LogP contribution in [0.4, 0.5) is 0 Å². The number of aromatic nitrogens is 12. The summed E-state index contributed by atoms with van der Waals surface area (Å²) in [4.78, 5) is 32.5. The minimum Gasteiger partial charge on any atom is -0.242 e. The van der Waals surface area contributed by atoms with E-state index in [9.17, 15) is 0 Å². The minimum absolute atomic E-state index is 0.134. The van der Waals surface area contributed by atoms with Gasteiger partial charge in [0, 0.05) is 165 Å². The fourth-order valence-corrected chi connectivity index (χ4v) is 9.91. The van der Waals surface area contributed by atoms with E-state index in [0.29, 0.717) is 28.3 Å². The van der Waals surface area contributed by atoms with E-state index in [1.807, 2.05) is 219 Å². The van der Waals surface area contributed by atoms with Crippen molar-refractivity contribution in [2.45, 2.75) is 87.5 Å². The third kappa shape index (κ3) is 16.3. The van der Waals surface area contributed by atoms with Gasteiger partial charge < -0.3 is 0 Å². The Bertz CT molecular complexity index is 5320. The van der Waals surface area contributed by atoms with E-state index in [1.54, 1.807) is 30.3 Å². The third-order valence-electron chi connectivity index (χ3n) is 14.7. The average molecular weight is 1210 g/mol. The fourth-order valence-electron chi connectivity index (χ4n) is 9.91. The lowest BCUT2D eigenvalue weighted by molar-refractivity contribution is -0.660. The molecule has 0 saturated carbocycles. The van der Waals surface area contributed by atoms with Crippen LogP contribution in [0, 0.1) is 40.4 Å². The van der Waals surface area contributed by atoms with Crippen LogP contribution >= 0.6 is 0 Å². The summed E-state index contributed by atoms with van der Waals surface area (Å²) in [7, 11) is 7.79. The van der Waals surface area contributed by atoms with E-state index in [1.165, 1.54) is 30.4 Å². The molecule has 90 heavy (non-hydrogen) atoms. The lowest BCUT2D eigenvalue weighted by atomic mass is 10.0. The summed E-state index contributed by atoms with van der Waals surface area (Å²) in [6.45, 7) is -5.07. The first-order chi connectivity index (χ1) is 51.7. The number of aryl methyl sites for hydroxylation is 10. The van der Waals surface area contributed by atoms with Gasteiger partial charge in [-0.1, -0.05) is 107 Å². The molecule has 0 N–H and O–H groups in total. The largest absolute Gasteiger partial charge is 0.242 e. The van der Waals surface area contributed by atoms with Crippen molar-refractivity contribution in [3.8, 4) is 90.1 Å². The smallest absolute Gasteiger partial charge is 0.213 e. The molecule has 0 bridgehead atoms. The maximum absolute atomic E-state index is 8.31. The molecule has 12 nitrogen and oxygen atoms in total. The Hall–Kier alpha value is -10.2. The van der Waals surface area contributed by atoms with Crippen LogP contribution in [0.1, 0.15) is 115 Å². The van der Waals surface area contributed by atoms with Gasteiger partial charge in [-0.15, -0.1) is 0 Å². The lowest BCUT2D eigenvalue weighted by Gasteiger charge is -2.08. The van der Waals surface area contributed by atoms with Crippen LogP contribution in [0.2, 0.25) is 0 Å². The lowest BCUT2D eigenvalue weighted by Crippen LogP contribution is -2.30. The average Bonchev–Trinajstić information content (AvgIpc) is 0.746. The molecule has 0 aliphatic heterocycles. The maximum Gasteiger partial charge on any atom is 0.213 e. The summed E-state index contributed by atoms with van der Waals surface area (Å²) in [5, 5.41) is 0. The maximum atomic E-state index is 8.31. The Labute approximate surface area is 562 Å². The van der Waals surface area contributed by atoms with Gasteiger partial charge in [0.25, 0.3) is 0 Å². The van der Waals surface area contributed by atoms with Gasteiger partial charge in [-0.2, -0.15) is 0 Å². The van der Waals surface area contributed by atoms with E-state index in [2.05, 4.69) is 58.9 Å². The predicted molar refractivity (Wildman–Crippen MR) is 362 cm³/mol. The highest BCUT2D eigenvalue weighted by Crippen LogP contribution is 2.29. The summed E-state index contributed by atoms with van der Waals surface area (Å²) in [6, 6.07) is 53.9. The van der Waals surface area contributed by atoms with Crippen molar-refractivity contribution in [1.29, 1.82) is 0 Å². The Kier molecular flexibility index (Phi) is 14.0. The van der Waals surface area contributed by atoms with Gasteiger partial charge in [-0.25, -0.2) is 58.1 Å². The van der Waals surface area contributed by atoms with E-state index in [-0.39, 0.29) is 17.5 Å². The molecule has 1 unspecified atom stereocenters. The van der Waals surface area contributed by atoms with Gasteiger partial charge in [0.2, 0.25) is 22.8 Å².